The highest BCUT2D eigenvalue weighted by Crippen LogP contribution is 2.70. The van der Waals surface area contributed by atoms with Crippen LogP contribution < -0.4 is 10.1 Å². The van der Waals surface area contributed by atoms with Gasteiger partial charge in [-0.2, -0.15) is 0 Å². The topological polar surface area (TPSA) is 66.0 Å². The molecule has 6 aliphatic rings. The van der Waals surface area contributed by atoms with Gasteiger partial charge in [0.15, 0.2) is 5.79 Å². The first-order valence-corrected chi connectivity index (χ1v) is 16.7. The number of benzene rings is 1. The predicted octanol–water partition coefficient (Wildman–Crippen LogP) is 7.66. The second kappa shape index (κ2) is 10.5. The maximum absolute atomic E-state index is 12.7. The van der Waals surface area contributed by atoms with Gasteiger partial charge in [-0.25, -0.2) is 4.79 Å². The van der Waals surface area contributed by atoms with Crippen molar-refractivity contribution in [1.82, 2.24) is 5.32 Å². The molecule has 1 N–H and O–H groups in total. The highest BCUT2D eigenvalue weighted by atomic mass is 16.7. The molecule has 230 valence electrons. The first kappa shape index (κ1) is 28.7. The van der Waals surface area contributed by atoms with Crippen LogP contribution in [0, 0.1) is 46.3 Å². The summed E-state index contributed by atoms with van der Waals surface area (Å²) in [6, 6.07) is 7.77. The van der Waals surface area contributed by atoms with Crippen molar-refractivity contribution in [3.63, 3.8) is 0 Å². The third-order valence-electron chi connectivity index (χ3n) is 13.2. The molecule has 4 aliphatic carbocycles. The van der Waals surface area contributed by atoms with Crippen LogP contribution in [0.2, 0.25) is 0 Å². The number of carbonyl (C=O) groups excluding carboxylic acids is 1. The summed E-state index contributed by atoms with van der Waals surface area (Å²) >= 11 is 0. The zero-order chi connectivity index (χ0) is 29.3. The van der Waals surface area contributed by atoms with Crippen molar-refractivity contribution >= 4 is 6.09 Å². The van der Waals surface area contributed by atoms with Crippen LogP contribution in [0.3, 0.4) is 0 Å². The molecule has 0 aromatic heterocycles. The average molecular weight is 578 g/mol. The van der Waals surface area contributed by atoms with E-state index in [0.717, 1.165) is 61.9 Å². The van der Waals surface area contributed by atoms with Gasteiger partial charge in [-0.05, 0) is 91.4 Å². The van der Waals surface area contributed by atoms with E-state index in [2.05, 4.69) is 39.1 Å². The third-order valence-corrected chi connectivity index (χ3v) is 13.2. The molecule has 3 saturated carbocycles. The molecule has 2 aliphatic heterocycles. The minimum Gasteiger partial charge on any atom is -0.496 e. The van der Waals surface area contributed by atoms with E-state index in [9.17, 15) is 4.79 Å². The van der Waals surface area contributed by atoms with Crippen LogP contribution in [0.15, 0.2) is 35.9 Å². The molecule has 5 fully saturated rings. The normalized spacial score (nSPS) is 45.7. The number of amides is 1. The lowest BCUT2D eigenvalue weighted by molar-refractivity contribution is -0.272. The molecule has 1 aromatic rings. The van der Waals surface area contributed by atoms with Gasteiger partial charge in [-0.1, -0.05) is 57.5 Å². The van der Waals surface area contributed by atoms with Gasteiger partial charge in [-0.3, -0.25) is 0 Å². The molecule has 1 aromatic carbocycles. The van der Waals surface area contributed by atoms with E-state index < -0.39 is 0 Å². The summed E-state index contributed by atoms with van der Waals surface area (Å²) in [5.41, 5.74) is 3.03. The zero-order valence-corrected chi connectivity index (χ0v) is 26.3. The van der Waals surface area contributed by atoms with Gasteiger partial charge >= 0.3 is 6.09 Å². The Balaban J connectivity index is 1.01. The van der Waals surface area contributed by atoms with Gasteiger partial charge in [0.05, 0.1) is 19.8 Å². The Kier molecular flexibility index (Phi) is 7.20. The minimum atomic E-state index is -0.337. The van der Waals surface area contributed by atoms with Gasteiger partial charge in [-0.15, -0.1) is 0 Å². The number of para-hydroxylation sites is 1. The molecule has 1 amide bonds. The number of methoxy groups -OCH3 is 1. The maximum atomic E-state index is 12.7. The Labute approximate surface area is 252 Å². The summed E-state index contributed by atoms with van der Waals surface area (Å²) in [5, 5.41) is 2.94. The molecule has 0 bridgehead atoms. The SMILES string of the molecule is COc1ccccc1CNC(=O)O[C@H]1CC[C@@]2(C)C(=CC[C@H]3[C@@H]4C[C@@H]5O[C@]6(CC[C@@H](C)CO6)[C@@H](C)[C@@H]5[C@@]4(C)CC[C@@H]32)C1. The lowest BCUT2D eigenvalue weighted by Crippen LogP contribution is -2.52. The quantitative estimate of drug-likeness (QED) is 0.372. The van der Waals surface area contributed by atoms with Gasteiger partial charge in [0.1, 0.15) is 11.9 Å². The van der Waals surface area contributed by atoms with Gasteiger partial charge in [0.2, 0.25) is 0 Å². The molecule has 6 nitrogen and oxygen atoms in total. The molecule has 11 atom stereocenters. The van der Waals surface area contributed by atoms with E-state index in [1.54, 1.807) is 7.11 Å². The van der Waals surface area contributed by atoms with Crippen molar-refractivity contribution in [2.75, 3.05) is 13.7 Å². The number of hydrogen-bond donors (Lipinski definition) is 1. The van der Waals surface area contributed by atoms with Gasteiger partial charge < -0.3 is 24.3 Å². The highest BCUT2D eigenvalue weighted by Gasteiger charge is 2.68. The third kappa shape index (κ3) is 4.45. The van der Waals surface area contributed by atoms with Crippen molar-refractivity contribution in [2.24, 2.45) is 46.3 Å². The number of ether oxygens (including phenoxy) is 4. The first-order valence-electron chi connectivity index (χ1n) is 16.7. The van der Waals surface area contributed by atoms with E-state index in [1.807, 2.05) is 24.3 Å². The van der Waals surface area contributed by atoms with E-state index in [0.29, 0.717) is 41.7 Å². The monoisotopic (exact) mass is 577 g/mol. The summed E-state index contributed by atoms with van der Waals surface area (Å²) < 4.78 is 24.9. The van der Waals surface area contributed by atoms with Crippen LogP contribution >= 0.6 is 0 Å². The molecule has 42 heavy (non-hydrogen) atoms. The van der Waals surface area contributed by atoms with Crippen LogP contribution in [-0.2, 0) is 20.8 Å². The lowest BCUT2D eigenvalue weighted by atomic mass is 9.47. The van der Waals surface area contributed by atoms with Gasteiger partial charge in [0.25, 0.3) is 0 Å². The average Bonchev–Trinajstić information content (AvgIpc) is 3.43. The predicted molar refractivity (Wildman–Crippen MR) is 162 cm³/mol. The molecule has 2 saturated heterocycles. The van der Waals surface area contributed by atoms with Crippen molar-refractivity contribution < 1.29 is 23.7 Å². The summed E-state index contributed by atoms with van der Waals surface area (Å²) in [6.07, 6.45) is 12.7. The number of allylic oxidation sites excluding steroid dienone is 1. The molecule has 0 radical (unpaired) electrons. The fourth-order valence-electron chi connectivity index (χ4n) is 11.0. The van der Waals surface area contributed by atoms with Crippen molar-refractivity contribution in [3.8, 4) is 5.75 Å². The Morgan fingerprint density at radius 3 is 2.69 bits per heavy atom. The second-order valence-electron chi connectivity index (χ2n) is 15.2. The number of rotatable bonds is 4. The summed E-state index contributed by atoms with van der Waals surface area (Å²) in [5.74, 6) is 4.31. The Bertz CT molecular complexity index is 1220. The number of nitrogens with one attached hydrogen (secondary N) is 1. The standard InChI is InChI=1S/C36H51NO5/c1-22-12-17-36(40-21-22)23(2)32-31(42-36)19-29-27-11-10-25-18-26(13-15-34(25,3)28(27)14-16-35(29,32)4)41-33(38)37-20-24-8-6-7-9-30(24)39-5/h6-10,22-23,26-29,31-32H,11-21H2,1-5H3,(H,37,38)/t22-,23+,26+,27-,28+,29+,31+,32+,34+,35+,36-/m1/s1. The molecule has 1 spiro atoms. The minimum absolute atomic E-state index is 0.0538. The molecule has 6 heteroatoms. The van der Waals surface area contributed by atoms with Crippen molar-refractivity contribution in [2.45, 2.75) is 110 Å². The number of alkyl carbamates (subject to hydrolysis) is 1. The van der Waals surface area contributed by atoms with Crippen molar-refractivity contribution in [1.29, 1.82) is 0 Å². The maximum Gasteiger partial charge on any atom is 0.407 e. The van der Waals surface area contributed by atoms with Gasteiger partial charge in [0, 0.05) is 30.9 Å². The lowest BCUT2D eigenvalue weighted by Gasteiger charge is -2.58. The van der Waals surface area contributed by atoms with Crippen molar-refractivity contribution in [3.05, 3.63) is 41.5 Å². The number of fused-ring (bicyclic) bond motifs is 7. The summed E-state index contributed by atoms with van der Waals surface area (Å²) in [6.45, 7) is 11.1. The smallest absolute Gasteiger partial charge is 0.407 e. The molecule has 0 unspecified atom stereocenters. The molecular weight excluding hydrogens is 526 g/mol. The summed E-state index contributed by atoms with van der Waals surface area (Å²) in [4.78, 5) is 12.7. The molecular formula is C36H51NO5. The Morgan fingerprint density at radius 2 is 1.90 bits per heavy atom. The van der Waals surface area contributed by atoms with Crippen LogP contribution in [-0.4, -0.2) is 37.8 Å². The second-order valence-corrected chi connectivity index (χ2v) is 15.2. The van der Waals surface area contributed by atoms with E-state index >= 15 is 0 Å². The zero-order valence-electron chi connectivity index (χ0n) is 26.3. The Hall–Kier alpha value is -2.05. The molecule has 7 rings (SSSR count). The van der Waals surface area contributed by atoms with Crippen LogP contribution in [0.4, 0.5) is 4.79 Å². The number of hydrogen-bond acceptors (Lipinski definition) is 5. The largest absolute Gasteiger partial charge is 0.496 e. The summed E-state index contributed by atoms with van der Waals surface area (Å²) in [7, 11) is 1.65. The number of carbonyl (C=O) groups is 1. The van der Waals surface area contributed by atoms with Crippen LogP contribution in [0.1, 0.15) is 91.0 Å². The van der Waals surface area contributed by atoms with E-state index in [4.69, 9.17) is 18.9 Å². The van der Waals surface area contributed by atoms with Crippen LogP contribution in [0.25, 0.3) is 0 Å². The Morgan fingerprint density at radius 1 is 1.07 bits per heavy atom. The fraction of sp³-hybridized carbons (Fsp3) is 0.750. The van der Waals surface area contributed by atoms with E-state index in [-0.39, 0.29) is 23.4 Å². The van der Waals surface area contributed by atoms with E-state index in [1.165, 1.54) is 31.3 Å². The fourth-order valence-corrected chi connectivity index (χ4v) is 11.0. The molecule has 2 heterocycles. The highest BCUT2D eigenvalue weighted by molar-refractivity contribution is 5.67. The first-order chi connectivity index (χ1) is 20.2. The van der Waals surface area contributed by atoms with Crippen LogP contribution in [0.5, 0.6) is 5.75 Å².